The molecule has 4 aromatic rings. The van der Waals surface area contributed by atoms with Gasteiger partial charge in [-0.3, -0.25) is 0 Å². The molecule has 192 valence electrons. The van der Waals surface area contributed by atoms with Gasteiger partial charge in [-0.15, -0.1) is 0 Å². The molecule has 0 radical (unpaired) electrons. The van der Waals surface area contributed by atoms with Gasteiger partial charge in [0.1, 0.15) is 11.4 Å². The Balaban J connectivity index is 1.73. The first kappa shape index (κ1) is 24.9. The van der Waals surface area contributed by atoms with Crippen LogP contribution in [0, 0.1) is 18.6 Å². The van der Waals surface area contributed by atoms with Crippen molar-refractivity contribution in [1.82, 2.24) is 9.55 Å². The van der Waals surface area contributed by atoms with E-state index in [1.807, 2.05) is 55.8 Å². The average Bonchev–Trinajstić information content (AvgIpc) is 3.45. The maximum Gasteiger partial charge on any atom is 0.337 e. The largest absolute Gasteiger partial charge is 0.493 e. The lowest BCUT2D eigenvalue weighted by Crippen LogP contribution is -2.28. The van der Waals surface area contributed by atoms with Crippen molar-refractivity contribution in [3.8, 4) is 16.9 Å². The molecule has 0 aliphatic carbocycles. The third kappa shape index (κ3) is 4.81. The van der Waals surface area contributed by atoms with Crippen LogP contribution in [-0.4, -0.2) is 32.8 Å². The van der Waals surface area contributed by atoms with Crippen LogP contribution in [0.1, 0.15) is 49.3 Å². The van der Waals surface area contributed by atoms with Crippen LogP contribution in [0.15, 0.2) is 48.7 Å². The van der Waals surface area contributed by atoms with Crippen molar-refractivity contribution in [2.75, 3.05) is 6.61 Å². The summed E-state index contributed by atoms with van der Waals surface area (Å²) in [5, 5.41) is 11.0. The lowest BCUT2D eigenvalue weighted by atomic mass is 9.91. The van der Waals surface area contributed by atoms with Crippen LogP contribution in [0.3, 0.4) is 0 Å². The number of nitrogens with zero attached hydrogens (tertiary/aromatic N) is 2. The first-order valence-corrected chi connectivity index (χ1v) is 12.1. The van der Waals surface area contributed by atoms with E-state index in [1.54, 1.807) is 6.92 Å². The second-order valence-corrected chi connectivity index (χ2v) is 10.3. The third-order valence-electron chi connectivity index (χ3n) is 6.41. The summed E-state index contributed by atoms with van der Waals surface area (Å²) in [5.41, 5.74) is 4.08. The summed E-state index contributed by atoms with van der Waals surface area (Å²) in [6.07, 6.45) is 1.35. The normalized spacial score (nSPS) is 14.0. The molecule has 2 aromatic carbocycles. The quantitative estimate of drug-likeness (QED) is 0.336. The highest BCUT2D eigenvalue weighted by atomic mass is 19.2. The smallest absolute Gasteiger partial charge is 0.337 e. The van der Waals surface area contributed by atoms with Gasteiger partial charge in [0.05, 0.1) is 12.2 Å². The summed E-state index contributed by atoms with van der Waals surface area (Å²) >= 11 is 0. The predicted molar refractivity (Wildman–Crippen MR) is 136 cm³/mol. The molecule has 8 heteroatoms. The number of aromatic nitrogens is 2. The highest BCUT2D eigenvalue weighted by Gasteiger charge is 2.33. The number of benzene rings is 2. The second-order valence-electron chi connectivity index (χ2n) is 10.3. The highest BCUT2D eigenvalue weighted by Crippen LogP contribution is 2.41. The van der Waals surface area contributed by atoms with Crippen LogP contribution >= 0.6 is 0 Å². The van der Waals surface area contributed by atoms with Crippen LogP contribution in [0.25, 0.3) is 22.2 Å². The van der Waals surface area contributed by atoms with E-state index in [2.05, 4.69) is 0 Å². The van der Waals surface area contributed by atoms with Crippen molar-refractivity contribution in [2.24, 2.45) is 0 Å². The van der Waals surface area contributed by atoms with Crippen molar-refractivity contribution in [1.29, 1.82) is 0 Å². The summed E-state index contributed by atoms with van der Waals surface area (Å²) in [5.74, 6) is -2.10. The van der Waals surface area contributed by atoms with Gasteiger partial charge in [0, 0.05) is 41.4 Å². The number of aliphatic carboxylic acids is 1. The SMILES string of the molecule is Cc1nc2c(ccn2Cc2ccc(F)c(F)c2)c(-c2ccc3c(c2)CCO3)c1[C@H](OC(C)(C)C)C(=O)O. The molecule has 0 saturated heterocycles. The van der Waals surface area contributed by atoms with E-state index >= 15 is 0 Å². The Morgan fingerprint density at radius 3 is 2.65 bits per heavy atom. The fraction of sp³-hybridized carbons (Fsp3) is 0.310. The van der Waals surface area contributed by atoms with Crippen LogP contribution in [-0.2, 0) is 22.5 Å². The number of pyridine rings is 1. The Hall–Kier alpha value is -3.78. The number of carboxylic acids is 1. The number of ether oxygens (including phenoxy) is 2. The lowest BCUT2D eigenvalue weighted by Gasteiger charge is -2.28. The van der Waals surface area contributed by atoms with Gasteiger partial charge in [-0.05, 0) is 74.7 Å². The Morgan fingerprint density at radius 1 is 1.16 bits per heavy atom. The molecular formula is C29H28F2N2O4. The van der Waals surface area contributed by atoms with Crippen molar-refractivity contribution >= 4 is 17.0 Å². The number of aryl methyl sites for hydroxylation is 1. The van der Waals surface area contributed by atoms with Crippen LogP contribution in [0.5, 0.6) is 5.75 Å². The molecule has 1 N–H and O–H groups in total. The van der Waals surface area contributed by atoms with Crippen LogP contribution < -0.4 is 4.74 Å². The topological polar surface area (TPSA) is 73.6 Å². The summed E-state index contributed by atoms with van der Waals surface area (Å²) in [6, 6.07) is 11.5. The molecule has 37 heavy (non-hydrogen) atoms. The van der Waals surface area contributed by atoms with Crippen LogP contribution in [0.4, 0.5) is 8.78 Å². The van der Waals surface area contributed by atoms with Gasteiger partial charge in [0.2, 0.25) is 0 Å². The Kier molecular flexibility index (Phi) is 6.23. The van der Waals surface area contributed by atoms with E-state index in [-0.39, 0.29) is 6.54 Å². The Bertz CT molecular complexity index is 1520. The molecule has 0 unspecified atom stereocenters. The molecular weight excluding hydrogens is 478 g/mol. The molecule has 0 fully saturated rings. The van der Waals surface area contributed by atoms with E-state index in [9.17, 15) is 18.7 Å². The van der Waals surface area contributed by atoms with Gasteiger partial charge >= 0.3 is 5.97 Å². The fourth-order valence-electron chi connectivity index (χ4n) is 4.85. The zero-order valence-corrected chi connectivity index (χ0v) is 21.1. The second kappa shape index (κ2) is 9.27. The zero-order valence-electron chi connectivity index (χ0n) is 21.1. The van der Waals surface area contributed by atoms with E-state index in [0.29, 0.717) is 29.1 Å². The number of carbonyl (C=O) groups is 1. The number of carboxylic acid groups (broad SMARTS) is 1. The molecule has 0 saturated carbocycles. The van der Waals surface area contributed by atoms with E-state index in [1.165, 1.54) is 12.1 Å². The molecule has 6 nitrogen and oxygen atoms in total. The van der Waals surface area contributed by atoms with E-state index in [0.717, 1.165) is 40.3 Å². The fourth-order valence-corrected chi connectivity index (χ4v) is 4.85. The standard InChI is InChI=1S/C29H28F2N2O4/c1-16-24(26(28(34)35)37-29(2,3)4)25(19-6-8-23-18(14-19)10-12-36-23)20-9-11-33(27(20)32-16)15-17-5-7-21(30)22(31)13-17/h5-9,11,13-14,26H,10,12,15H2,1-4H3,(H,34,35)/t26-/m0/s1. The molecule has 0 amide bonds. The molecule has 1 aliphatic heterocycles. The number of halogens is 2. The molecule has 1 aliphatic rings. The predicted octanol–water partition coefficient (Wildman–Crippen LogP) is 6.21. The summed E-state index contributed by atoms with van der Waals surface area (Å²) in [4.78, 5) is 17.3. The highest BCUT2D eigenvalue weighted by molar-refractivity contribution is 5.98. The van der Waals surface area contributed by atoms with E-state index < -0.39 is 29.3 Å². The monoisotopic (exact) mass is 506 g/mol. The van der Waals surface area contributed by atoms with Gasteiger partial charge in [-0.1, -0.05) is 12.1 Å². The lowest BCUT2D eigenvalue weighted by molar-refractivity contribution is -0.160. The van der Waals surface area contributed by atoms with Crippen LogP contribution in [0.2, 0.25) is 0 Å². The zero-order chi connectivity index (χ0) is 26.5. The average molecular weight is 507 g/mol. The minimum Gasteiger partial charge on any atom is -0.493 e. The number of hydrogen-bond acceptors (Lipinski definition) is 4. The van der Waals surface area contributed by atoms with Gasteiger partial charge in [0.25, 0.3) is 0 Å². The summed E-state index contributed by atoms with van der Waals surface area (Å²) in [7, 11) is 0. The Labute approximate surface area is 213 Å². The maximum atomic E-state index is 13.9. The first-order valence-electron chi connectivity index (χ1n) is 12.1. The van der Waals surface area contributed by atoms with Crippen molar-refractivity contribution in [3.63, 3.8) is 0 Å². The van der Waals surface area contributed by atoms with Gasteiger partial charge in [-0.2, -0.15) is 0 Å². The first-order chi connectivity index (χ1) is 17.5. The summed E-state index contributed by atoms with van der Waals surface area (Å²) in [6.45, 7) is 8.08. The molecule has 5 rings (SSSR count). The summed E-state index contributed by atoms with van der Waals surface area (Å²) < 4.78 is 40.9. The van der Waals surface area contributed by atoms with Gasteiger partial charge < -0.3 is 19.1 Å². The number of hydrogen-bond donors (Lipinski definition) is 1. The van der Waals surface area contributed by atoms with Gasteiger partial charge in [0.15, 0.2) is 17.7 Å². The molecule has 0 spiro atoms. The third-order valence-corrected chi connectivity index (χ3v) is 6.41. The molecule has 2 aromatic heterocycles. The van der Waals surface area contributed by atoms with Crippen molar-refractivity contribution in [2.45, 2.75) is 52.4 Å². The minimum absolute atomic E-state index is 0.269. The Morgan fingerprint density at radius 2 is 1.95 bits per heavy atom. The van der Waals surface area contributed by atoms with Gasteiger partial charge in [-0.25, -0.2) is 18.6 Å². The molecule has 0 bridgehead atoms. The molecule has 3 heterocycles. The van der Waals surface area contributed by atoms with Crippen molar-refractivity contribution in [3.05, 3.63) is 82.7 Å². The number of fused-ring (bicyclic) bond motifs is 2. The maximum absolute atomic E-state index is 13.9. The molecule has 1 atom stereocenters. The minimum atomic E-state index is -1.24. The number of rotatable bonds is 6. The van der Waals surface area contributed by atoms with E-state index in [4.69, 9.17) is 14.5 Å². The van der Waals surface area contributed by atoms with Crippen molar-refractivity contribution < 1.29 is 28.2 Å².